The monoisotopic (exact) mass is 359 g/mol. The van der Waals surface area contributed by atoms with Gasteiger partial charge in [0, 0.05) is 18.7 Å². The molecule has 3 aromatic rings. The summed E-state index contributed by atoms with van der Waals surface area (Å²) in [7, 11) is 0. The Morgan fingerprint density at radius 2 is 1.78 bits per heavy atom. The van der Waals surface area contributed by atoms with Gasteiger partial charge in [-0.15, -0.1) is 0 Å². The molecule has 1 heterocycles. The summed E-state index contributed by atoms with van der Waals surface area (Å²) in [6, 6.07) is 19.9. The number of carbonyl (C=O) groups excluding carboxylic acids is 1. The first kappa shape index (κ1) is 18.6. The lowest BCUT2D eigenvalue weighted by Crippen LogP contribution is -2.23. The fraction of sp³-hybridized carbons (Fsp3) is 0.217. The van der Waals surface area contributed by atoms with Gasteiger partial charge in [0.25, 0.3) is 5.91 Å². The minimum Gasteiger partial charge on any atom is -0.353 e. The molecule has 0 spiro atoms. The van der Waals surface area contributed by atoms with E-state index in [4.69, 9.17) is 0 Å². The van der Waals surface area contributed by atoms with Crippen molar-refractivity contribution in [3.63, 3.8) is 0 Å². The summed E-state index contributed by atoms with van der Waals surface area (Å²) in [6.07, 6.45) is 1.71. The SMILES string of the molecule is CCN(Cc1ccccc1)c1ccc(NC(=O)c2ccc(C)c(C)c2)cn1. The van der Waals surface area contributed by atoms with Crippen molar-refractivity contribution in [1.29, 1.82) is 0 Å². The van der Waals surface area contributed by atoms with Gasteiger partial charge in [-0.25, -0.2) is 4.98 Å². The number of amides is 1. The summed E-state index contributed by atoms with van der Waals surface area (Å²) in [5.74, 6) is 0.773. The quantitative estimate of drug-likeness (QED) is 0.675. The molecule has 27 heavy (non-hydrogen) atoms. The minimum absolute atomic E-state index is 0.121. The molecular weight excluding hydrogens is 334 g/mol. The molecule has 0 aliphatic carbocycles. The lowest BCUT2D eigenvalue weighted by molar-refractivity contribution is 0.102. The van der Waals surface area contributed by atoms with Crippen LogP contribution < -0.4 is 10.2 Å². The van der Waals surface area contributed by atoms with Crippen LogP contribution in [-0.2, 0) is 6.54 Å². The Labute approximate surface area is 160 Å². The van der Waals surface area contributed by atoms with Gasteiger partial charge in [-0.05, 0) is 61.7 Å². The molecule has 0 aliphatic rings. The third kappa shape index (κ3) is 4.73. The fourth-order valence-electron chi connectivity index (χ4n) is 2.89. The predicted octanol–water partition coefficient (Wildman–Crippen LogP) is 4.98. The maximum atomic E-state index is 12.4. The van der Waals surface area contributed by atoms with Gasteiger partial charge in [0.1, 0.15) is 5.82 Å². The average Bonchev–Trinajstić information content (AvgIpc) is 2.69. The average molecular weight is 359 g/mol. The van der Waals surface area contributed by atoms with E-state index in [-0.39, 0.29) is 5.91 Å². The van der Waals surface area contributed by atoms with Crippen molar-refractivity contribution in [1.82, 2.24) is 4.98 Å². The predicted molar refractivity (Wildman–Crippen MR) is 111 cm³/mol. The van der Waals surface area contributed by atoms with E-state index in [2.05, 4.69) is 34.3 Å². The fourth-order valence-corrected chi connectivity index (χ4v) is 2.89. The van der Waals surface area contributed by atoms with Crippen LogP contribution in [-0.4, -0.2) is 17.4 Å². The molecule has 0 saturated carbocycles. The number of rotatable bonds is 6. The number of carbonyl (C=O) groups is 1. The number of anilines is 2. The van der Waals surface area contributed by atoms with Crippen molar-refractivity contribution in [3.05, 3.63) is 89.1 Å². The standard InChI is InChI=1S/C23H25N3O/c1-4-26(16-19-8-6-5-7-9-19)22-13-12-21(15-24-22)25-23(27)20-11-10-17(2)18(3)14-20/h5-15H,4,16H2,1-3H3,(H,25,27). The molecule has 0 saturated heterocycles. The topological polar surface area (TPSA) is 45.2 Å². The van der Waals surface area contributed by atoms with Gasteiger partial charge in [0.05, 0.1) is 11.9 Å². The van der Waals surface area contributed by atoms with Crippen molar-refractivity contribution < 1.29 is 4.79 Å². The van der Waals surface area contributed by atoms with Gasteiger partial charge < -0.3 is 10.2 Å². The molecule has 1 aromatic heterocycles. The van der Waals surface area contributed by atoms with Crippen LogP contribution in [0, 0.1) is 13.8 Å². The van der Waals surface area contributed by atoms with E-state index >= 15 is 0 Å². The van der Waals surface area contributed by atoms with E-state index < -0.39 is 0 Å². The molecule has 0 fully saturated rings. The van der Waals surface area contributed by atoms with Crippen molar-refractivity contribution in [2.75, 3.05) is 16.8 Å². The number of pyridine rings is 1. The summed E-state index contributed by atoms with van der Waals surface area (Å²) in [5, 5.41) is 2.92. The van der Waals surface area contributed by atoms with Crippen LogP contribution in [0.5, 0.6) is 0 Å². The first-order valence-corrected chi connectivity index (χ1v) is 9.20. The van der Waals surface area contributed by atoms with E-state index in [1.807, 2.05) is 62.4 Å². The van der Waals surface area contributed by atoms with Gasteiger partial charge in [0.15, 0.2) is 0 Å². The van der Waals surface area contributed by atoms with Gasteiger partial charge in [-0.1, -0.05) is 36.4 Å². The number of hydrogen-bond acceptors (Lipinski definition) is 3. The Bertz CT molecular complexity index is 905. The highest BCUT2D eigenvalue weighted by Gasteiger charge is 2.10. The summed E-state index contributed by atoms with van der Waals surface area (Å²) in [5.41, 5.74) is 4.87. The van der Waals surface area contributed by atoms with Crippen LogP contribution in [0.3, 0.4) is 0 Å². The molecule has 0 unspecified atom stereocenters. The van der Waals surface area contributed by atoms with E-state index in [1.165, 1.54) is 11.1 Å². The van der Waals surface area contributed by atoms with Gasteiger partial charge in [0.2, 0.25) is 0 Å². The van der Waals surface area contributed by atoms with E-state index in [9.17, 15) is 4.79 Å². The molecule has 1 amide bonds. The third-order valence-corrected chi connectivity index (χ3v) is 4.70. The lowest BCUT2D eigenvalue weighted by Gasteiger charge is -2.22. The number of hydrogen-bond donors (Lipinski definition) is 1. The largest absolute Gasteiger partial charge is 0.353 e. The van der Waals surface area contributed by atoms with Gasteiger partial charge in [-0.3, -0.25) is 4.79 Å². The molecule has 2 aromatic carbocycles. The van der Waals surface area contributed by atoms with Crippen molar-refractivity contribution in [2.24, 2.45) is 0 Å². The zero-order chi connectivity index (χ0) is 19.2. The first-order valence-electron chi connectivity index (χ1n) is 9.20. The molecule has 0 aliphatic heterocycles. The second kappa shape index (κ2) is 8.49. The number of aromatic nitrogens is 1. The summed E-state index contributed by atoms with van der Waals surface area (Å²) in [4.78, 5) is 19.2. The molecule has 138 valence electrons. The Balaban J connectivity index is 1.68. The van der Waals surface area contributed by atoms with Crippen molar-refractivity contribution in [3.8, 4) is 0 Å². The highest BCUT2D eigenvalue weighted by Crippen LogP contribution is 2.18. The zero-order valence-electron chi connectivity index (χ0n) is 16.1. The third-order valence-electron chi connectivity index (χ3n) is 4.70. The normalized spacial score (nSPS) is 10.5. The summed E-state index contributed by atoms with van der Waals surface area (Å²) < 4.78 is 0. The van der Waals surface area contributed by atoms with Crippen LogP contribution >= 0.6 is 0 Å². The van der Waals surface area contributed by atoms with E-state index in [1.54, 1.807) is 6.20 Å². The Hall–Kier alpha value is -3.14. The summed E-state index contributed by atoms with van der Waals surface area (Å²) in [6.45, 7) is 7.82. The van der Waals surface area contributed by atoms with E-state index in [0.29, 0.717) is 11.3 Å². The number of nitrogens with one attached hydrogen (secondary N) is 1. The Morgan fingerprint density at radius 3 is 2.41 bits per heavy atom. The number of aryl methyl sites for hydroxylation is 2. The number of benzene rings is 2. The molecule has 0 bridgehead atoms. The second-order valence-corrected chi connectivity index (χ2v) is 6.66. The molecule has 0 radical (unpaired) electrons. The van der Waals surface area contributed by atoms with Crippen LogP contribution in [0.25, 0.3) is 0 Å². The van der Waals surface area contributed by atoms with E-state index in [0.717, 1.165) is 24.5 Å². The highest BCUT2D eigenvalue weighted by molar-refractivity contribution is 6.04. The van der Waals surface area contributed by atoms with Crippen LogP contribution in [0.4, 0.5) is 11.5 Å². The first-order chi connectivity index (χ1) is 13.1. The Kier molecular flexibility index (Phi) is 5.87. The lowest BCUT2D eigenvalue weighted by atomic mass is 10.1. The minimum atomic E-state index is -0.121. The van der Waals surface area contributed by atoms with Crippen LogP contribution in [0.1, 0.15) is 34.0 Å². The maximum absolute atomic E-state index is 12.4. The molecule has 4 heteroatoms. The molecule has 3 rings (SSSR count). The van der Waals surface area contributed by atoms with Crippen LogP contribution in [0.15, 0.2) is 66.9 Å². The number of nitrogens with zero attached hydrogens (tertiary/aromatic N) is 2. The molecule has 0 atom stereocenters. The summed E-state index contributed by atoms with van der Waals surface area (Å²) >= 11 is 0. The smallest absolute Gasteiger partial charge is 0.255 e. The Morgan fingerprint density at radius 1 is 1.00 bits per heavy atom. The van der Waals surface area contributed by atoms with Gasteiger partial charge >= 0.3 is 0 Å². The maximum Gasteiger partial charge on any atom is 0.255 e. The van der Waals surface area contributed by atoms with Crippen LogP contribution in [0.2, 0.25) is 0 Å². The molecular formula is C23H25N3O. The zero-order valence-corrected chi connectivity index (χ0v) is 16.1. The van der Waals surface area contributed by atoms with Crippen molar-refractivity contribution >= 4 is 17.4 Å². The van der Waals surface area contributed by atoms with Gasteiger partial charge in [-0.2, -0.15) is 0 Å². The second-order valence-electron chi connectivity index (χ2n) is 6.66. The molecule has 1 N–H and O–H groups in total. The van der Waals surface area contributed by atoms with Crippen molar-refractivity contribution in [2.45, 2.75) is 27.3 Å². The molecule has 4 nitrogen and oxygen atoms in total. The highest BCUT2D eigenvalue weighted by atomic mass is 16.1.